The van der Waals surface area contributed by atoms with Gasteiger partial charge in [0.1, 0.15) is 5.82 Å². The van der Waals surface area contributed by atoms with E-state index >= 15 is 0 Å². The number of hydrogen-bond acceptors (Lipinski definition) is 0. The lowest BCUT2D eigenvalue weighted by atomic mass is 10.1. The monoisotopic (exact) mass is 293 g/mol. The second-order valence-corrected chi connectivity index (χ2v) is 5.20. The lowest BCUT2D eigenvalue weighted by molar-refractivity contribution is 0.629. The molecule has 0 aliphatic rings. The zero-order chi connectivity index (χ0) is 13.6. The second kappa shape index (κ2) is 4.55. The van der Waals surface area contributed by atoms with Crippen molar-refractivity contribution in [3.63, 3.8) is 0 Å². The predicted octanol–water partition coefficient (Wildman–Crippen LogP) is 5.59. The van der Waals surface area contributed by atoms with Crippen LogP contribution in [0, 0.1) is 12.7 Å². The third-order valence-electron chi connectivity index (χ3n) is 3.24. The number of aromatic amines is 1. The molecule has 0 saturated heterocycles. The summed E-state index contributed by atoms with van der Waals surface area (Å²) in [4.78, 5) is 3.27. The fourth-order valence-corrected chi connectivity index (χ4v) is 2.66. The first-order valence-electron chi connectivity index (χ1n) is 5.80. The highest BCUT2D eigenvalue weighted by Gasteiger charge is 2.14. The maximum atomic E-state index is 13.3. The molecule has 4 heteroatoms. The minimum absolute atomic E-state index is 0.252. The van der Waals surface area contributed by atoms with E-state index in [1.807, 2.05) is 19.1 Å². The Morgan fingerprint density at radius 2 is 1.89 bits per heavy atom. The van der Waals surface area contributed by atoms with Crippen molar-refractivity contribution >= 4 is 34.1 Å². The van der Waals surface area contributed by atoms with E-state index in [4.69, 9.17) is 23.2 Å². The molecule has 96 valence electrons. The SMILES string of the molecule is Cc1c(-c2cccc(Cl)c2Cl)[nH]c2ccc(F)cc12. The van der Waals surface area contributed by atoms with Crippen molar-refractivity contribution < 1.29 is 4.39 Å². The number of benzene rings is 2. The van der Waals surface area contributed by atoms with Gasteiger partial charge in [0.2, 0.25) is 0 Å². The van der Waals surface area contributed by atoms with Gasteiger partial charge in [-0.2, -0.15) is 0 Å². The molecule has 0 spiro atoms. The van der Waals surface area contributed by atoms with Crippen LogP contribution in [0.4, 0.5) is 4.39 Å². The van der Waals surface area contributed by atoms with Gasteiger partial charge < -0.3 is 4.98 Å². The van der Waals surface area contributed by atoms with Gasteiger partial charge in [-0.3, -0.25) is 0 Å². The Balaban J connectivity index is 2.31. The van der Waals surface area contributed by atoms with Crippen LogP contribution >= 0.6 is 23.2 Å². The van der Waals surface area contributed by atoms with Crippen LogP contribution in [-0.2, 0) is 0 Å². The van der Waals surface area contributed by atoms with E-state index in [2.05, 4.69) is 4.98 Å². The van der Waals surface area contributed by atoms with Crippen LogP contribution in [0.1, 0.15) is 5.56 Å². The quantitative estimate of drug-likeness (QED) is 0.602. The van der Waals surface area contributed by atoms with Gasteiger partial charge in [0.25, 0.3) is 0 Å². The van der Waals surface area contributed by atoms with E-state index in [9.17, 15) is 4.39 Å². The molecule has 1 heterocycles. The number of aromatic nitrogens is 1. The average Bonchev–Trinajstić information content (AvgIpc) is 2.70. The predicted molar refractivity (Wildman–Crippen MR) is 78.4 cm³/mol. The van der Waals surface area contributed by atoms with Crippen LogP contribution < -0.4 is 0 Å². The molecule has 1 nitrogen and oxygen atoms in total. The first-order valence-corrected chi connectivity index (χ1v) is 6.55. The number of rotatable bonds is 1. The van der Waals surface area contributed by atoms with E-state index in [1.165, 1.54) is 12.1 Å². The first-order chi connectivity index (χ1) is 9.08. The van der Waals surface area contributed by atoms with Gasteiger partial charge >= 0.3 is 0 Å². The smallest absolute Gasteiger partial charge is 0.123 e. The maximum Gasteiger partial charge on any atom is 0.123 e. The summed E-state index contributed by atoms with van der Waals surface area (Å²) in [7, 11) is 0. The van der Waals surface area contributed by atoms with E-state index in [0.717, 1.165) is 27.7 Å². The van der Waals surface area contributed by atoms with E-state index in [0.29, 0.717) is 10.0 Å². The molecule has 0 bridgehead atoms. The largest absolute Gasteiger partial charge is 0.354 e. The molecule has 19 heavy (non-hydrogen) atoms. The molecule has 0 unspecified atom stereocenters. The van der Waals surface area contributed by atoms with E-state index in [-0.39, 0.29) is 5.82 Å². The van der Waals surface area contributed by atoms with Crippen molar-refractivity contribution in [1.82, 2.24) is 4.98 Å². The zero-order valence-electron chi connectivity index (χ0n) is 10.1. The molecule has 0 fully saturated rings. The number of fused-ring (bicyclic) bond motifs is 1. The molecule has 0 radical (unpaired) electrons. The molecular formula is C15H10Cl2FN. The van der Waals surface area contributed by atoms with Crippen LogP contribution in [0.15, 0.2) is 36.4 Å². The highest BCUT2D eigenvalue weighted by atomic mass is 35.5. The Morgan fingerprint density at radius 1 is 1.11 bits per heavy atom. The second-order valence-electron chi connectivity index (χ2n) is 4.42. The molecule has 3 aromatic rings. The zero-order valence-corrected chi connectivity index (χ0v) is 11.6. The van der Waals surface area contributed by atoms with Gasteiger partial charge in [0.15, 0.2) is 0 Å². The molecule has 2 aromatic carbocycles. The van der Waals surface area contributed by atoms with Crippen LogP contribution in [0.2, 0.25) is 10.0 Å². The summed E-state index contributed by atoms with van der Waals surface area (Å²) in [5.74, 6) is -0.252. The highest BCUT2D eigenvalue weighted by Crippen LogP contribution is 2.37. The molecule has 1 N–H and O–H groups in total. The standard InChI is InChI=1S/C15H10Cl2FN/c1-8-11-7-9(18)5-6-13(11)19-15(8)10-3-2-4-12(16)14(10)17/h2-7,19H,1H3. The third-order valence-corrected chi connectivity index (χ3v) is 4.06. The van der Waals surface area contributed by atoms with Crippen LogP contribution in [0.5, 0.6) is 0 Å². The number of halogens is 3. The van der Waals surface area contributed by atoms with Crippen molar-refractivity contribution in [2.45, 2.75) is 6.92 Å². The molecular weight excluding hydrogens is 284 g/mol. The average molecular weight is 294 g/mol. The Kier molecular flexibility index (Phi) is 3.00. The van der Waals surface area contributed by atoms with Gasteiger partial charge in [0, 0.05) is 16.5 Å². The van der Waals surface area contributed by atoms with Crippen molar-refractivity contribution in [1.29, 1.82) is 0 Å². The summed E-state index contributed by atoms with van der Waals surface area (Å²) in [6.07, 6.45) is 0. The fraction of sp³-hybridized carbons (Fsp3) is 0.0667. The molecule has 0 amide bonds. The van der Waals surface area contributed by atoms with Gasteiger partial charge in [-0.25, -0.2) is 4.39 Å². The summed E-state index contributed by atoms with van der Waals surface area (Å²) in [6, 6.07) is 10.1. The molecule has 3 rings (SSSR count). The van der Waals surface area contributed by atoms with Crippen molar-refractivity contribution in [2.24, 2.45) is 0 Å². The van der Waals surface area contributed by atoms with E-state index < -0.39 is 0 Å². The number of hydrogen-bond donors (Lipinski definition) is 1. The highest BCUT2D eigenvalue weighted by molar-refractivity contribution is 6.43. The lowest BCUT2D eigenvalue weighted by Gasteiger charge is -2.05. The fourth-order valence-electron chi connectivity index (χ4n) is 2.27. The van der Waals surface area contributed by atoms with Crippen molar-refractivity contribution in [3.8, 4) is 11.3 Å². The van der Waals surface area contributed by atoms with Crippen molar-refractivity contribution in [2.75, 3.05) is 0 Å². The van der Waals surface area contributed by atoms with Gasteiger partial charge in [-0.15, -0.1) is 0 Å². The summed E-state index contributed by atoms with van der Waals surface area (Å²) in [6.45, 7) is 1.94. The Hall–Kier alpha value is -1.51. The maximum absolute atomic E-state index is 13.3. The Bertz CT molecular complexity index is 777. The summed E-state index contributed by atoms with van der Waals surface area (Å²) >= 11 is 12.3. The summed E-state index contributed by atoms with van der Waals surface area (Å²) in [5.41, 5.74) is 3.53. The molecule has 0 aliphatic heterocycles. The topological polar surface area (TPSA) is 15.8 Å². The van der Waals surface area contributed by atoms with Crippen LogP contribution in [0.3, 0.4) is 0 Å². The van der Waals surface area contributed by atoms with E-state index in [1.54, 1.807) is 12.1 Å². The molecule has 0 atom stereocenters. The number of aryl methyl sites for hydroxylation is 1. The lowest BCUT2D eigenvalue weighted by Crippen LogP contribution is -1.83. The molecule has 0 saturated carbocycles. The minimum atomic E-state index is -0.252. The van der Waals surface area contributed by atoms with Crippen molar-refractivity contribution in [3.05, 3.63) is 57.8 Å². The molecule has 0 aliphatic carbocycles. The number of H-pyrrole nitrogens is 1. The van der Waals surface area contributed by atoms with Gasteiger partial charge in [-0.1, -0.05) is 35.3 Å². The number of nitrogens with one attached hydrogen (secondary N) is 1. The van der Waals surface area contributed by atoms with Gasteiger partial charge in [0.05, 0.1) is 15.7 Å². The molecule has 1 aromatic heterocycles. The summed E-state index contributed by atoms with van der Waals surface area (Å²) < 4.78 is 13.3. The normalized spacial score (nSPS) is 11.2. The van der Waals surface area contributed by atoms with Crippen LogP contribution in [0.25, 0.3) is 22.2 Å². The first kappa shape index (κ1) is 12.5. The Morgan fingerprint density at radius 3 is 2.68 bits per heavy atom. The summed E-state index contributed by atoms with van der Waals surface area (Å²) in [5, 5.41) is 1.86. The third kappa shape index (κ3) is 2.01. The minimum Gasteiger partial charge on any atom is -0.354 e. The van der Waals surface area contributed by atoms with Crippen LogP contribution in [-0.4, -0.2) is 4.98 Å². The Labute approximate surface area is 120 Å². The van der Waals surface area contributed by atoms with Gasteiger partial charge in [-0.05, 0) is 36.8 Å².